The predicted octanol–water partition coefficient (Wildman–Crippen LogP) is 2.30. The maximum Gasteiger partial charge on any atom is 0.187 e. The topological polar surface area (TPSA) is 51.5 Å². The van der Waals surface area contributed by atoms with Crippen LogP contribution in [0.2, 0.25) is 5.02 Å². The van der Waals surface area contributed by atoms with Gasteiger partial charge in [-0.2, -0.15) is 0 Å². The molecule has 2 rings (SSSR count). The lowest BCUT2D eigenvalue weighted by Crippen LogP contribution is -2.14. The molecule has 0 aliphatic heterocycles. The van der Waals surface area contributed by atoms with Crippen LogP contribution in [-0.4, -0.2) is 16.8 Å². The van der Waals surface area contributed by atoms with Crippen LogP contribution in [0.25, 0.3) is 5.69 Å². The van der Waals surface area contributed by atoms with E-state index in [2.05, 4.69) is 0 Å². The molecule has 0 aliphatic rings. The highest BCUT2D eigenvalue weighted by atomic mass is 35.5. The molecule has 1 aromatic heterocycles. The van der Waals surface area contributed by atoms with Crippen LogP contribution in [0.15, 0.2) is 35.3 Å². The molecule has 1 aromatic carbocycles. The summed E-state index contributed by atoms with van der Waals surface area (Å²) >= 11 is 6.00. The van der Waals surface area contributed by atoms with E-state index in [0.29, 0.717) is 16.3 Å². The molecular formula is C14H14ClNO3. The summed E-state index contributed by atoms with van der Waals surface area (Å²) in [5.41, 5.74) is 1.61. The Labute approximate surface area is 115 Å². The van der Waals surface area contributed by atoms with Gasteiger partial charge in [-0.3, -0.25) is 4.79 Å². The molecule has 0 atom stereocenters. The molecule has 0 amide bonds. The summed E-state index contributed by atoms with van der Waals surface area (Å²) in [6, 6.07) is 6.72. The van der Waals surface area contributed by atoms with Gasteiger partial charge in [-0.05, 0) is 25.1 Å². The zero-order valence-electron chi connectivity index (χ0n) is 10.7. The Balaban J connectivity index is 2.71. The lowest BCUT2D eigenvalue weighted by molar-refractivity contribution is 0.280. The van der Waals surface area contributed by atoms with Crippen LogP contribution < -0.4 is 10.2 Å². The zero-order valence-corrected chi connectivity index (χ0v) is 11.4. The van der Waals surface area contributed by atoms with Crippen molar-refractivity contribution in [2.45, 2.75) is 13.5 Å². The summed E-state index contributed by atoms with van der Waals surface area (Å²) in [6.07, 6.45) is 1.60. The molecule has 0 bridgehead atoms. The van der Waals surface area contributed by atoms with Crippen molar-refractivity contribution < 1.29 is 9.84 Å². The van der Waals surface area contributed by atoms with Gasteiger partial charge in [0, 0.05) is 28.5 Å². The van der Waals surface area contributed by atoms with Gasteiger partial charge in [0.15, 0.2) is 5.43 Å². The number of aliphatic hydroxyl groups excluding tert-OH is 1. The number of pyridine rings is 1. The molecular weight excluding hydrogens is 266 g/mol. The molecule has 1 heterocycles. The number of rotatable bonds is 3. The van der Waals surface area contributed by atoms with Crippen molar-refractivity contribution in [2.75, 3.05) is 7.11 Å². The Morgan fingerprint density at radius 2 is 2.11 bits per heavy atom. The van der Waals surface area contributed by atoms with E-state index in [-0.39, 0.29) is 12.0 Å². The molecule has 0 spiro atoms. The van der Waals surface area contributed by atoms with Crippen LogP contribution in [0.5, 0.6) is 5.75 Å². The van der Waals surface area contributed by atoms with Crippen molar-refractivity contribution >= 4 is 11.6 Å². The Bertz CT molecular complexity index is 664. The van der Waals surface area contributed by atoms with Gasteiger partial charge in [0.1, 0.15) is 5.75 Å². The van der Waals surface area contributed by atoms with Crippen molar-refractivity contribution in [3.63, 3.8) is 0 Å². The number of aromatic nitrogens is 1. The van der Waals surface area contributed by atoms with Crippen LogP contribution in [-0.2, 0) is 6.61 Å². The fourth-order valence-electron chi connectivity index (χ4n) is 1.90. The number of benzene rings is 1. The van der Waals surface area contributed by atoms with Crippen molar-refractivity contribution in [2.24, 2.45) is 0 Å². The van der Waals surface area contributed by atoms with E-state index in [1.54, 1.807) is 36.1 Å². The molecule has 2 aromatic rings. The highest BCUT2D eigenvalue weighted by molar-refractivity contribution is 6.30. The van der Waals surface area contributed by atoms with Gasteiger partial charge in [0.25, 0.3) is 0 Å². The molecule has 0 aliphatic carbocycles. The van der Waals surface area contributed by atoms with Gasteiger partial charge in [0.05, 0.1) is 19.4 Å². The smallest absolute Gasteiger partial charge is 0.187 e. The van der Waals surface area contributed by atoms with Gasteiger partial charge >= 0.3 is 0 Å². The maximum absolute atomic E-state index is 11.6. The summed E-state index contributed by atoms with van der Waals surface area (Å²) in [5, 5.41) is 9.76. The second kappa shape index (κ2) is 5.47. The van der Waals surface area contributed by atoms with Crippen LogP contribution in [0.1, 0.15) is 11.3 Å². The number of methoxy groups -OCH3 is 1. The largest absolute Gasteiger partial charge is 0.495 e. The SMILES string of the molecule is COc1ccc(Cl)cc1-n1cc(CO)c(=O)cc1C. The first-order chi connectivity index (χ1) is 9.06. The van der Waals surface area contributed by atoms with Gasteiger partial charge in [-0.1, -0.05) is 11.6 Å². The highest BCUT2D eigenvalue weighted by Crippen LogP contribution is 2.27. The van der Waals surface area contributed by atoms with Gasteiger partial charge in [0.2, 0.25) is 0 Å². The van der Waals surface area contributed by atoms with E-state index < -0.39 is 0 Å². The van der Waals surface area contributed by atoms with E-state index in [0.717, 1.165) is 11.4 Å². The number of hydrogen-bond acceptors (Lipinski definition) is 3. The summed E-state index contributed by atoms with van der Waals surface area (Å²) in [7, 11) is 1.57. The quantitative estimate of drug-likeness (QED) is 0.938. The van der Waals surface area contributed by atoms with Crippen LogP contribution >= 0.6 is 11.6 Å². The monoisotopic (exact) mass is 279 g/mol. The number of hydrogen-bond donors (Lipinski definition) is 1. The molecule has 19 heavy (non-hydrogen) atoms. The molecule has 0 fully saturated rings. The number of aliphatic hydroxyl groups is 1. The van der Waals surface area contributed by atoms with E-state index in [1.807, 2.05) is 6.92 Å². The predicted molar refractivity (Wildman–Crippen MR) is 74.3 cm³/mol. The second-order valence-corrected chi connectivity index (χ2v) is 4.59. The average molecular weight is 280 g/mol. The van der Waals surface area contributed by atoms with Gasteiger partial charge in [-0.25, -0.2) is 0 Å². The lowest BCUT2D eigenvalue weighted by Gasteiger charge is -2.15. The van der Waals surface area contributed by atoms with Crippen molar-refractivity contribution in [3.05, 3.63) is 57.0 Å². The Morgan fingerprint density at radius 3 is 2.74 bits per heavy atom. The molecule has 0 unspecified atom stereocenters. The lowest BCUT2D eigenvalue weighted by atomic mass is 10.2. The molecule has 4 nitrogen and oxygen atoms in total. The van der Waals surface area contributed by atoms with E-state index in [9.17, 15) is 9.90 Å². The summed E-state index contributed by atoms with van der Waals surface area (Å²) < 4.78 is 7.07. The van der Waals surface area contributed by atoms with Crippen LogP contribution in [0.4, 0.5) is 0 Å². The van der Waals surface area contributed by atoms with Crippen molar-refractivity contribution in [3.8, 4) is 11.4 Å². The minimum atomic E-state index is -0.304. The first kappa shape index (κ1) is 13.6. The molecule has 0 radical (unpaired) electrons. The van der Waals surface area contributed by atoms with Gasteiger partial charge in [-0.15, -0.1) is 0 Å². The average Bonchev–Trinajstić information content (AvgIpc) is 2.39. The Kier molecular flexibility index (Phi) is 3.93. The molecule has 100 valence electrons. The third kappa shape index (κ3) is 2.64. The third-order valence-electron chi connectivity index (χ3n) is 2.89. The fraction of sp³-hybridized carbons (Fsp3) is 0.214. The summed E-state index contributed by atoms with van der Waals surface area (Å²) in [4.78, 5) is 11.6. The minimum absolute atomic E-state index is 0.183. The normalized spacial score (nSPS) is 10.5. The van der Waals surface area contributed by atoms with Crippen molar-refractivity contribution in [1.82, 2.24) is 4.57 Å². The first-order valence-electron chi connectivity index (χ1n) is 5.73. The fourth-order valence-corrected chi connectivity index (χ4v) is 2.07. The van der Waals surface area contributed by atoms with Crippen molar-refractivity contribution in [1.29, 1.82) is 0 Å². The standard InChI is InChI=1S/C14H14ClNO3/c1-9-5-13(18)10(8-17)7-16(9)12-6-11(15)3-4-14(12)19-2/h3-7,17H,8H2,1-2H3. The number of ether oxygens (including phenoxy) is 1. The minimum Gasteiger partial charge on any atom is -0.495 e. The first-order valence-corrected chi connectivity index (χ1v) is 6.11. The van der Waals surface area contributed by atoms with Gasteiger partial charge < -0.3 is 14.4 Å². The molecule has 5 heteroatoms. The summed E-state index contributed by atoms with van der Waals surface area (Å²) in [5.74, 6) is 0.639. The summed E-state index contributed by atoms with van der Waals surface area (Å²) in [6.45, 7) is 1.50. The Hall–Kier alpha value is -1.78. The molecule has 0 saturated heterocycles. The number of nitrogens with zero attached hydrogens (tertiary/aromatic N) is 1. The maximum atomic E-state index is 11.6. The van der Waals surface area contributed by atoms with Crippen LogP contribution in [0.3, 0.4) is 0 Å². The number of aryl methyl sites for hydroxylation is 1. The second-order valence-electron chi connectivity index (χ2n) is 4.15. The van der Waals surface area contributed by atoms with E-state index in [4.69, 9.17) is 16.3 Å². The zero-order chi connectivity index (χ0) is 14.0. The van der Waals surface area contributed by atoms with Crippen LogP contribution in [0, 0.1) is 6.92 Å². The third-order valence-corrected chi connectivity index (χ3v) is 3.13. The number of halogens is 1. The van der Waals surface area contributed by atoms with E-state index in [1.165, 1.54) is 6.07 Å². The Morgan fingerprint density at radius 1 is 1.37 bits per heavy atom. The molecule has 0 saturated carbocycles. The highest BCUT2D eigenvalue weighted by Gasteiger charge is 2.10. The molecule has 1 N–H and O–H groups in total. The van der Waals surface area contributed by atoms with E-state index >= 15 is 0 Å².